The number of ether oxygens (including phenoxy) is 1. The number of rotatable bonds is 6. The number of nitrogens with zero attached hydrogens (tertiary/aromatic N) is 1. The molecule has 1 saturated heterocycles. The molecule has 0 spiro atoms. The predicted octanol–water partition coefficient (Wildman–Crippen LogP) is 2.44. The Morgan fingerprint density at radius 2 is 2.08 bits per heavy atom. The number of methoxy groups -OCH3 is 1. The van der Waals surface area contributed by atoms with E-state index in [9.17, 15) is 4.79 Å². The van der Waals surface area contributed by atoms with E-state index in [-0.39, 0.29) is 5.91 Å². The third kappa shape index (κ3) is 3.83. The van der Waals surface area contributed by atoms with E-state index in [1.165, 1.54) is 0 Å². The molecule has 3 rings (SSSR count). The highest BCUT2D eigenvalue weighted by molar-refractivity contribution is 7.13. The van der Waals surface area contributed by atoms with E-state index in [1.807, 2.05) is 35.7 Å². The standard InChI is InChI=1S/C18H23N3O2S/c1-23-13-18(7-9-19-10-8-18)17(22)20-11-15-12-24-16(21-15)14-5-3-2-4-6-14/h2-6,12,19H,7-11,13H2,1H3,(H,20,22). The molecule has 2 heterocycles. The maximum atomic E-state index is 12.7. The Kier molecular flexibility index (Phi) is 5.60. The van der Waals surface area contributed by atoms with Gasteiger partial charge >= 0.3 is 0 Å². The van der Waals surface area contributed by atoms with Crippen molar-refractivity contribution in [3.8, 4) is 10.6 Å². The molecule has 128 valence electrons. The average molecular weight is 345 g/mol. The molecule has 0 bridgehead atoms. The van der Waals surface area contributed by atoms with Crippen LogP contribution in [0.3, 0.4) is 0 Å². The number of carbonyl (C=O) groups is 1. The Morgan fingerprint density at radius 3 is 2.79 bits per heavy atom. The summed E-state index contributed by atoms with van der Waals surface area (Å²) >= 11 is 1.60. The monoisotopic (exact) mass is 345 g/mol. The van der Waals surface area contributed by atoms with Gasteiger partial charge in [0.05, 0.1) is 24.3 Å². The van der Waals surface area contributed by atoms with Crippen molar-refractivity contribution in [2.45, 2.75) is 19.4 Å². The van der Waals surface area contributed by atoms with Crippen molar-refractivity contribution in [2.24, 2.45) is 5.41 Å². The summed E-state index contributed by atoms with van der Waals surface area (Å²) in [5.74, 6) is 0.0695. The molecule has 2 aromatic rings. The predicted molar refractivity (Wildman–Crippen MR) is 95.8 cm³/mol. The van der Waals surface area contributed by atoms with Crippen LogP contribution in [0.1, 0.15) is 18.5 Å². The fraction of sp³-hybridized carbons (Fsp3) is 0.444. The van der Waals surface area contributed by atoms with Crippen molar-refractivity contribution in [3.05, 3.63) is 41.4 Å². The SMILES string of the molecule is COCC1(C(=O)NCc2csc(-c3ccccc3)n2)CCNCC1. The summed E-state index contributed by atoms with van der Waals surface area (Å²) in [7, 11) is 1.66. The number of hydrogen-bond donors (Lipinski definition) is 2. The van der Waals surface area contributed by atoms with Crippen LogP contribution in [0.15, 0.2) is 35.7 Å². The van der Waals surface area contributed by atoms with Crippen molar-refractivity contribution in [2.75, 3.05) is 26.8 Å². The van der Waals surface area contributed by atoms with E-state index < -0.39 is 5.41 Å². The topological polar surface area (TPSA) is 63.2 Å². The van der Waals surface area contributed by atoms with Crippen LogP contribution in [-0.4, -0.2) is 37.7 Å². The smallest absolute Gasteiger partial charge is 0.228 e. The average Bonchev–Trinajstić information content (AvgIpc) is 3.10. The third-order valence-electron chi connectivity index (χ3n) is 4.47. The molecule has 0 unspecified atom stereocenters. The van der Waals surface area contributed by atoms with Crippen molar-refractivity contribution in [1.29, 1.82) is 0 Å². The highest BCUT2D eigenvalue weighted by Crippen LogP contribution is 2.30. The quantitative estimate of drug-likeness (QED) is 0.844. The zero-order chi connectivity index (χ0) is 16.8. The first-order valence-corrected chi connectivity index (χ1v) is 9.09. The molecular weight excluding hydrogens is 322 g/mol. The molecule has 1 fully saturated rings. The van der Waals surface area contributed by atoms with Gasteiger partial charge in [-0.1, -0.05) is 30.3 Å². The van der Waals surface area contributed by atoms with E-state index in [4.69, 9.17) is 4.74 Å². The maximum Gasteiger partial charge on any atom is 0.228 e. The first kappa shape index (κ1) is 17.1. The van der Waals surface area contributed by atoms with Gasteiger partial charge in [0.15, 0.2) is 0 Å². The lowest BCUT2D eigenvalue weighted by Gasteiger charge is -2.35. The zero-order valence-electron chi connectivity index (χ0n) is 13.9. The van der Waals surface area contributed by atoms with Gasteiger partial charge in [-0.15, -0.1) is 11.3 Å². The largest absolute Gasteiger partial charge is 0.384 e. The molecule has 1 aliphatic heterocycles. The minimum absolute atomic E-state index is 0.0695. The Bertz CT molecular complexity index is 660. The van der Waals surface area contributed by atoms with Gasteiger partial charge in [0.25, 0.3) is 0 Å². The van der Waals surface area contributed by atoms with Crippen LogP contribution >= 0.6 is 11.3 Å². The fourth-order valence-electron chi connectivity index (χ4n) is 3.08. The van der Waals surface area contributed by atoms with E-state index >= 15 is 0 Å². The minimum atomic E-state index is -0.418. The molecule has 1 aliphatic rings. The molecule has 0 atom stereocenters. The second-order valence-corrected chi connectivity index (χ2v) is 7.01. The van der Waals surface area contributed by atoms with Crippen LogP contribution in [0, 0.1) is 5.41 Å². The van der Waals surface area contributed by atoms with Gasteiger partial charge in [-0.3, -0.25) is 4.79 Å². The summed E-state index contributed by atoms with van der Waals surface area (Å²) in [6.45, 7) is 2.63. The Morgan fingerprint density at radius 1 is 1.33 bits per heavy atom. The number of thiazole rings is 1. The normalized spacial score (nSPS) is 16.7. The summed E-state index contributed by atoms with van der Waals surface area (Å²) in [4.78, 5) is 17.3. The Labute approximate surface area is 146 Å². The fourth-order valence-corrected chi connectivity index (χ4v) is 3.90. The van der Waals surface area contributed by atoms with Gasteiger partial charge in [0.2, 0.25) is 5.91 Å². The Hall–Kier alpha value is -1.76. The molecule has 6 heteroatoms. The highest BCUT2D eigenvalue weighted by Gasteiger charge is 2.39. The van der Waals surface area contributed by atoms with Crippen molar-refractivity contribution < 1.29 is 9.53 Å². The molecule has 1 aromatic heterocycles. The highest BCUT2D eigenvalue weighted by atomic mass is 32.1. The van der Waals surface area contributed by atoms with Crippen LogP contribution in [0.2, 0.25) is 0 Å². The number of benzene rings is 1. The van der Waals surface area contributed by atoms with Gasteiger partial charge < -0.3 is 15.4 Å². The van der Waals surface area contributed by atoms with Crippen molar-refractivity contribution in [1.82, 2.24) is 15.6 Å². The summed E-state index contributed by atoms with van der Waals surface area (Å²) in [6, 6.07) is 10.1. The Balaban J connectivity index is 1.62. The molecule has 2 N–H and O–H groups in total. The lowest BCUT2D eigenvalue weighted by molar-refractivity contribution is -0.136. The van der Waals surface area contributed by atoms with Crippen LogP contribution in [-0.2, 0) is 16.1 Å². The summed E-state index contributed by atoms with van der Waals surface area (Å²) in [6.07, 6.45) is 1.61. The summed E-state index contributed by atoms with van der Waals surface area (Å²) < 4.78 is 5.32. The van der Waals surface area contributed by atoms with Crippen LogP contribution in [0.5, 0.6) is 0 Å². The van der Waals surface area contributed by atoms with Crippen molar-refractivity contribution in [3.63, 3.8) is 0 Å². The molecule has 0 saturated carbocycles. The summed E-state index contributed by atoms with van der Waals surface area (Å²) in [5, 5.41) is 9.35. The van der Waals surface area contributed by atoms with Gasteiger partial charge in [0.1, 0.15) is 5.01 Å². The molecule has 5 nitrogen and oxygen atoms in total. The molecule has 0 radical (unpaired) electrons. The van der Waals surface area contributed by atoms with E-state index in [0.29, 0.717) is 13.2 Å². The van der Waals surface area contributed by atoms with Crippen LogP contribution in [0.4, 0.5) is 0 Å². The number of amides is 1. The van der Waals surface area contributed by atoms with E-state index in [2.05, 4.69) is 15.6 Å². The molecular formula is C18H23N3O2S. The molecule has 1 amide bonds. The lowest BCUT2D eigenvalue weighted by atomic mass is 9.78. The van der Waals surface area contributed by atoms with E-state index in [0.717, 1.165) is 42.2 Å². The zero-order valence-corrected chi connectivity index (χ0v) is 14.7. The van der Waals surface area contributed by atoms with E-state index in [1.54, 1.807) is 18.4 Å². The molecule has 0 aliphatic carbocycles. The van der Waals surface area contributed by atoms with Crippen molar-refractivity contribution >= 4 is 17.2 Å². The van der Waals surface area contributed by atoms with Gasteiger partial charge in [-0.25, -0.2) is 4.98 Å². The maximum absolute atomic E-state index is 12.7. The summed E-state index contributed by atoms with van der Waals surface area (Å²) in [5.41, 5.74) is 1.58. The number of aromatic nitrogens is 1. The van der Waals surface area contributed by atoms with Gasteiger partial charge in [-0.2, -0.15) is 0 Å². The minimum Gasteiger partial charge on any atom is -0.384 e. The first-order valence-electron chi connectivity index (χ1n) is 8.21. The van der Waals surface area contributed by atoms with Gasteiger partial charge in [0, 0.05) is 18.1 Å². The second-order valence-electron chi connectivity index (χ2n) is 6.16. The third-order valence-corrected chi connectivity index (χ3v) is 5.41. The number of carbonyl (C=O) groups excluding carboxylic acids is 1. The lowest BCUT2D eigenvalue weighted by Crippen LogP contribution is -2.50. The number of nitrogens with one attached hydrogen (secondary N) is 2. The van der Waals surface area contributed by atoms with Crippen LogP contribution in [0.25, 0.3) is 10.6 Å². The molecule has 1 aromatic carbocycles. The second kappa shape index (κ2) is 7.88. The first-order chi connectivity index (χ1) is 11.7. The number of piperidine rings is 1. The van der Waals surface area contributed by atoms with Gasteiger partial charge in [-0.05, 0) is 25.9 Å². The number of hydrogen-bond acceptors (Lipinski definition) is 5. The van der Waals surface area contributed by atoms with Crippen LogP contribution < -0.4 is 10.6 Å². The molecule has 24 heavy (non-hydrogen) atoms.